The average Bonchev–Trinajstić information content (AvgIpc) is 2.59. The highest BCUT2D eigenvalue weighted by Gasteiger charge is 2.21. The molecule has 0 heterocycles. The van der Waals surface area contributed by atoms with Gasteiger partial charge in [-0.15, -0.1) is 0 Å². The molecule has 1 aromatic rings. The van der Waals surface area contributed by atoms with Gasteiger partial charge in [0, 0.05) is 5.02 Å². The molecule has 1 aliphatic rings. The van der Waals surface area contributed by atoms with Gasteiger partial charge in [0.2, 0.25) is 0 Å². The maximum atomic E-state index is 12.2. The highest BCUT2D eigenvalue weighted by molar-refractivity contribution is 7.91. The van der Waals surface area contributed by atoms with Gasteiger partial charge < -0.3 is 5.32 Å². The van der Waals surface area contributed by atoms with Crippen LogP contribution in [0.15, 0.2) is 29.2 Å². The van der Waals surface area contributed by atoms with E-state index in [1.165, 1.54) is 12.1 Å². The summed E-state index contributed by atoms with van der Waals surface area (Å²) in [5, 5.41) is 3.55. The summed E-state index contributed by atoms with van der Waals surface area (Å²) < 4.78 is 51.2. The van der Waals surface area contributed by atoms with E-state index < -0.39 is 20.0 Å². The van der Waals surface area contributed by atoms with Gasteiger partial charge in [-0.05, 0) is 55.5 Å². The molecule has 0 spiro atoms. The van der Waals surface area contributed by atoms with E-state index in [0.717, 1.165) is 44.8 Å². The van der Waals surface area contributed by atoms with Crippen molar-refractivity contribution in [2.75, 3.05) is 25.3 Å². The Balaban J connectivity index is 1.62. The van der Waals surface area contributed by atoms with E-state index in [1.54, 1.807) is 12.1 Å². The molecule has 0 unspecified atom stereocenters. The summed E-state index contributed by atoms with van der Waals surface area (Å²) in [4.78, 5) is 0.274. The highest BCUT2D eigenvalue weighted by Crippen LogP contribution is 2.32. The third kappa shape index (κ3) is 8.48. The summed E-state index contributed by atoms with van der Waals surface area (Å²) in [6.07, 6.45) is 7.12. The Bertz CT molecular complexity index is 786. The van der Waals surface area contributed by atoms with Crippen LogP contribution in [0.3, 0.4) is 0 Å². The minimum Gasteiger partial charge on any atom is -0.303 e. The van der Waals surface area contributed by atoms with Crippen molar-refractivity contribution in [3.63, 3.8) is 0 Å². The molecule has 154 valence electrons. The van der Waals surface area contributed by atoms with E-state index in [9.17, 15) is 16.8 Å². The van der Waals surface area contributed by atoms with Crippen LogP contribution in [0.2, 0.25) is 5.02 Å². The Morgan fingerprint density at radius 3 is 2.11 bits per heavy atom. The third-order valence-electron chi connectivity index (χ3n) is 4.98. The quantitative estimate of drug-likeness (QED) is 0.446. The lowest BCUT2D eigenvalue weighted by molar-refractivity contribution is 0.215. The van der Waals surface area contributed by atoms with Crippen molar-refractivity contribution in [2.45, 2.75) is 43.4 Å². The molecule has 1 saturated carbocycles. The number of benzene rings is 1. The molecule has 27 heavy (non-hydrogen) atoms. The van der Waals surface area contributed by atoms with Gasteiger partial charge in [-0.1, -0.05) is 37.3 Å². The molecule has 0 radical (unpaired) electrons. The molecule has 9 heteroatoms. The molecular formula is C18H28ClNO5S2. The fourth-order valence-electron chi connectivity index (χ4n) is 3.41. The fraction of sp³-hybridized carbons (Fsp3) is 0.667. The number of rotatable bonds is 10. The maximum absolute atomic E-state index is 12.2. The molecule has 2 rings (SSSR count). The summed E-state index contributed by atoms with van der Waals surface area (Å²) in [5.74, 6) is 1.02. The van der Waals surface area contributed by atoms with E-state index in [-0.39, 0.29) is 17.4 Å². The lowest BCUT2D eigenvalue weighted by Gasteiger charge is -2.28. The lowest BCUT2D eigenvalue weighted by atomic mass is 9.79. The van der Waals surface area contributed by atoms with E-state index in [1.807, 2.05) is 0 Å². The molecule has 0 amide bonds. The van der Waals surface area contributed by atoms with Crippen LogP contribution in [-0.2, 0) is 24.1 Å². The third-order valence-corrected chi connectivity index (χ3v) is 7.41. The Labute approximate surface area is 167 Å². The van der Waals surface area contributed by atoms with Crippen LogP contribution in [0.1, 0.15) is 38.5 Å². The zero-order chi connectivity index (χ0) is 19.9. The van der Waals surface area contributed by atoms with Gasteiger partial charge in [-0.25, -0.2) is 8.42 Å². The van der Waals surface area contributed by atoms with Crippen molar-refractivity contribution >= 4 is 31.6 Å². The Morgan fingerprint density at radius 2 is 1.56 bits per heavy atom. The average molecular weight is 438 g/mol. The first-order chi connectivity index (χ1) is 12.7. The number of sulfone groups is 1. The van der Waals surface area contributed by atoms with Crippen LogP contribution >= 0.6 is 11.6 Å². The Hall–Kier alpha value is -0.670. The zero-order valence-corrected chi connectivity index (χ0v) is 18.0. The topological polar surface area (TPSA) is 89.5 Å². The molecule has 1 aromatic carbocycles. The molecule has 0 saturated heterocycles. The van der Waals surface area contributed by atoms with Gasteiger partial charge in [-0.2, -0.15) is 8.42 Å². The van der Waals surface area contributed by atoms with Crippen molar-refractivity contribution in [1.29, 1.82) is 0 Å². The lowest BCUT2D eigenvalue weighted by Crippen LogP contribution is -2.26. The van der Waals surface area contributed by atoms with Crippen molar-refractivity contribution in [3.05, 3.63) is 29.3 Å². The molecule has 1 fully saturated rings. The van der Waals surface area contributed by atoms with E-state index in [2.05, 4.69) is 5.32 Å². The van der Waals surface area contributed by atoms with E-state index >= 15 is 0 Å². The second kappa shape index (κ2) is 10.2. The molecule has 1 aliphatic carbocycles. The Morgan fingerprint density at radius 1 is 1.00 bits per heavy atom. The first-order valence-electron chi connectivity index (χ1n) is 9.19. The molecule has 1 N–H and O–H groups in total. The summed E-state index contributed by atoms with van der Waals surface area (Å²) in [7, 11) is -6.69. The summed E-state index contributed by atoms with van der Waals surface area (Å²) >= 11 is 5.79. The van der Waals surface area contributed by atoms with Crippen LogP contribution in [0.5, 0.6) is 0 Å². The van der Waals surface area contributed by atoms with E-state index in [4.69, 9.17) is 15.8 Å². The van der Waals surface area contributed by atoms with Gasteiger partial charge in [0.05, 0.1) is 17.8 Å². The van der Waals surface area contributed by atoms with Crippen LogP contribution in [0.25, 0.3) is 0 Å². The fourth-order valence-corrected chi connectivity index (χ4v) is 5.07. The molecule has 6 nitrogen and oxygen atoms in total. The molecular weight excluding hydrogens is 410 g/mol. The van der Waals surface area contributed by atoms with Crippen LogP contribution in [0.4, 0.5) is 0 Å². The predicted octanol–water partition coefficient (Wildman–Crippen LogP) is 3.22. The van der Waals surface area contributed by atoms with E-state index in [0.29, 0.717) is 23.4 Å². The van der Waals surface area contributed by atoms with Gasteiger partial charge in [0.15, 0.2) is 9.84 Å². The molecule has 0 atom stereocenters. The Kier molecular flexibility index (Phi) is 8.55. The number of nitrogens with one attached hydrogen (secondary N) is 1. The molecule has 0 aromatic heterocycles. The summed E-state index contributed by atoms with van der Waals surface area (Å²) in [5.41, 5.74) is 0. The SMILES string of the molecule is CS(=O)(=O)OCCC1CCC(CCNCS(=O)(=O)c2ccc(Cl)cc2)CC1. The number of halogens is 1. The second-order valence-electron chi connectivity index (χ2n) is 7.20. The first kappa shape index (κ1) is 22.6. The monoisotopic (exact) mass is 437 g/mol. The predicted molar refractivity (Wildman–Crippen MR) is 107 cm³/mol. The summed E-state index contributed by atoms with van der Waals surface area (Å²) in [6, 6.07) is 6.20. The normalized spacial score (nSPS) is 21.3. The zero-order valence-electron chi connectivity index (χ0n) is 15.6. The summed E-state index contributed by atoms with van der Waals surface area (Å²) in [6.45, 7) is 0.928. The first-order valence-corrected chi connectivity index (χ1v) is 13.0. The van der Waals surface area contributed by atoms with Crippen molar-refractivity contribution in [1.82, 2.24) is 5.32 Å². The largest absolute Gasteiger partial charge is 0.303 e. The maximum Gasteiger partial charge on any atom is 0.264 e. The van der Waals surface area contributed by atoms with Gasteiger partial charge >= 0.3 is 0 Å². The van der Waals surface area contributed by atoms with Crippen molar-refractivity contribution in [3.8, 4) is 0 Å². The van der Waals surface area contributed by atoms with Crippen LogP contribution in [-0.4, -0.2) is 42.1 Å². The number of hydrogen-bond acceptors (Lipinski definition) is 6. The molecule has 0 aliphatic heterocycles. The molecule has 0 bridgehead atoms. The minimum atomic E-state index is -3.35. The smallest absolute Gasteiger partial charge is 0.264 e. The van der Waals surface area contributed by atoms with Gasteiger partial charge in [0.25, 0.3) is 10.1 Å². The van der Waals surface area contributed by atoms with Crippen molar-refractivity contribution in [2.24, 2.45) is 11.8 Å². The number of hydrogen-bond donors (Lipinski definition) is 1. The van der Waals surface area contributed by atoms with Crippen LogP contribution in [0, 0.1) is 11.8 Å². The van der Waals surface area contributed by atoms with Gasteiger partial charge in [-0.3, -0.25) is 4.18 Å². The minimum absolute atomic E-state index is 0.0766. The van der Waals surface area contributed by atoms with Crippen LogP contribution < -0.4 is 5.32 Å². The standard InChI is InChI=1S/C18H28ClNO5S2/c1-26(21,22)25-13-11-16-4-2-15(3-5-16)10-12-20-14-27(23,24)18-8-6-17(19)7-9-18/h6-9,15-16,20H,2-5,10-14H2,1H3. The highest BCUT2D eigenvalue weighted by atomic mass is 35.5. The second-order valence-corrected chi connectivity index (χ2v) is 11.3. The van der Waals surface area contributed by atoms with Crippen molar-refractivity contribution < 1.29 is 21.0 Å². The van der Waals surface area contributed by atoms with Gasteiger partial charge in [0.1, 0.15) is 5.88 Å².